The van der Waals surface area contributed by atoms with E-state index in [2.05, 4.69) is 10.3 Å². The Labute approximate surface area is 179 Å². The van der Waals surface area contributed by atoms with Gasteiger partial charge in [-0.3, -0.25) is 14.0 Å². The first kappa shape index (κ1) is 20.4. The zero-order chi connectivity index (χ0) is 22.0. The van der Waals surface area contributed by atoms with Gasteiger partial charge >= 0.3 is 5.97 Å². The second kappa shape index (κ2) is 8.49. The molecular weight excluding hydrogens is 421 g/mol. The Balaban J connectivity index is 1.38. The Morgan fingerprint density at radius 1 is 1.10 bits per heavy atom. The Morgan fingerprint density at radius 3 is 2.48 bits per heavy atom. The number of benzene rings is 2. The van der Waals surface area contributed by atoms with Crippen LogP contribution in [0.3, 0.4) is 0 Å². The van der Waals surface area contributed by atoms with Crippen LogP contribution in [0.15, 0.2) is 64.8 Å². The number of esters is 1. The highest BCUT2D eigenvalue weighted by atomic mass is 32.1. The van der Waals surface area contributed by atoms with Crippen LogP contribution in [0.25, 0.3) is 4.96 Å². The summed E-state index contributed by atoms with van der Waals surface area (Å²) in [4.78, 5) is 41.5. The van der Waals surface area contributed by atoms with E-state index in [1.165, 1.54) is 58.2 Å². The lowest BCUT2D eigenvalue weighted by molar-refractivity contribution is 0.0467. The van der Waals surface area contributed by atoms with Crippen LogP contribution >= 0.6 is 11.3 Å². The maximum Gasteiger partial charge on any atom is 0.338 e. The van der Waals surface area contributed by atoms with E-state index in [4.69, 9.17) is 4.74 Å². The Kier molecular flexibility index (Phi) is 5.59. The summed E-state index contributed by atoms with van der Waals surface area (Å²) in [6.07, 6.45) is 0. The van der Waals surface area contributed by atoms with Crippen molar-refractivity contribution in [1.82, 2.24) is 9.38 Å². The highest BCUT2D eigenvalue weighted by molar-refractivity contribution is 7.15. The number of aromatic nitrogens is 2. The van der Waals surface area contributed by atoms with Crippen molar-refractivity contribution >= 4 is 33.9 Å². The van der Waals surface area contributed by atoms with Gasteiger partial charge in [-0.25, -0.2) is 14.2 Å². The third-order valence-corrected chi connectivity index (χ3v) is 5.41. The summed E-state index contributed by atoms with van der Waals surface area (Å²) in [6.45, 7) is 1.68. The van der Waals surface area contributed by atoms with Gasteiger partial charge in [0.15, 0.2) is 4.96 Å². The minimum absolute atomic E-state index is 0.134. The molecule has 4 rings (SSSR count). The van der Waals surface area contributed by atoms with E-state index < -0.39 is 17.7 Å². The summed E-state index contributed by atoms with van der Waals surface area (Å²) in [5, 5.41) is 4.50. The second-order valence-electron chi connectivity index (χ2n) is 6.70. The molecule has 2 aromatic heterocycles. The number of nitrogens with zero attached hydrogens (tertiary/aromatic N) is 2. The van der Waals surface area contributed by atoms with Crippen molar-refractivity contribution in [2.24, 2.45) is 0 Å². The largest absolute Gasteiger partial charge is 0.456 e. The van der Waals surface area contributed by atoms with Crippen LogP contribution in [0.1, 0.15) is 32.1 Å². The van der Waals surface area contributed by atoms with E-state index >= 15 is 0 Å². The first-order chi connectivity index (χ1) is 14.9. The predicted octanol–water partition coefficient (Wildman–Crippen LogP) is 3.81. The lowest BCUT2D eigenvalue weighted by Crippen LogP contribution is -2.16. The number of carbonyl (C=O) groups is 2. The van der Waals surface area contributed by atoms with Gasteiger partial charge in [-0.2, -0.15) is 0 Å². The molecule has 9 heteroatoms. The number of anilines is 1. The molecule has 2 aromatic carbocycles. The van der Waals surface area contributed by atoms with E-state index in [1.807, 2.05) is 12.3 Å². The van der Waals surface area contributed by atoms with E-state index in [0.717, 1.165) is 5.69 Å². The summed E-state index contributed by atoms with van der Waals surface area (Å²) in [5.74, 6) is -1.40. The highest BCUT2D eigenvalue weighted by Crippen LogP contribution is 2.15. The van der Waals surface area contributed by atoms with Gasteiger partial charge in [0.25, 0.3) is 11.5 Å². The summed E-state index contributed by atoms with van der Waals surface area (Å²) in [5.41, 5.74) is 2.00. The number of rotatable bonds is 5. The molecule has 0 atom stereocenters. The molecule has 0 saturated heterocycles. The molecular formula is C22H16FN3O4S. The molecule has 2 heterocycles. The molecule has 0 bridgehead atoms. The van der Waals surface area contributed by atoms with Crippen molar-refractivity contribution in [2.45, 2.75) is 13.5 Å². The maximum absolute atomic E-state index is 13.0. The van der Waals surface area contributed by atoms with Crippen LogP contribution < -0.4 is 10.9 Å². The zero-order valence-electron chi connectivity index (χ0n) is 16.3. The molecule has 0 unspecified atom stereocenters. The third-order valence-electron chi connectivity index (χ3n) is 4.46. The molecule has 1 N–H and O–H groups in total. The van der Waals surface area contributed by atoms with Gasteiger partial charge < -0.3 is 10.1 Å². The normalized spacial score (nSPS) is 10.8. The predicted molar refractivity (Wildman–Crippen MR) is 114 cm³/mol. The fraction of sp³-hybridized carbons (Fsp3) is 0.0909. The van der Waals surface area contributed by atoms with Gasteiger partial charge in [-0.05, 0) is 55.5 Å². The standard InChI is InChI=1S/C22H16FN3O4S/c1-13-12-31-22-25-18(10-19(27)26(13)22)11-30-21(29)15-4-8-17(9-5-15)24-20(28)14-2-6-16(23)7-3-14/h2-10,12H,11H2,1H3,(H,24,28). The molecule has 0 aliphatic carbocycles. The van der Waals surface area contributed by atoms with Gasteiger partial charge in [0.1, 0.15) is 12.4 Å². The number of hydrogen-bond donors (Lipinski definition) is 1. The molecule has 1 amide bonds. The molecule has 0 saturated carbocycles. The van der Waals surface area contributed by atoms with E-state index in [1.54, 1.807) is 12.1 Å². The minimum atomic E-state index is -0.583. The van der Waals surface area contributed by atoms with Gasteiger partial charge in [0, 0.05) is 28.4 Å². The number of thiazole rings is 1. The average molecular weight is 437 g/mol. The van der Waals surface area contributed by atoms with Crippen LogP contribution in [0.2, 0.25) is 0 Å². The van der Waals surface area contributed by atoms with E-state index in [0.29, 0.717) is 21.9 Å². The Hall–Kier alpha value is -3.85. The maximum atomic E-state index is 13.0. The quantitative estimate of drug-likeness (QED) is 0.480. The van der Waals surface area contributed by atoms with E-state index in [9.17, 15) is 18.8 Å². The minimum Gasteiger partial charge on any atom is -0.456 e. The van der Waals surface area contributed by atoms with Gasteiger partial charge in [-0.15, -0.1) is 11.3 Å². The van der Waals surface area contributed by atoms with Crippen LogP contribution in [-0.4, -0.2) is 21.3 Å². The highest BCUT2D eigenvalue weighted by Gasteiger charge is 2.12. The number of amides is 1. The fourth-order valence-corrected chi connectivity index (χ4v) is 3.78. The fourth-order valence-electron chi connectivity index (χ4n) is 2.89. The SMILES string of the molecule is Cc1csc2nc(COC(=O)c3ccc(NC(=O)c4ccc(F)cc4)cc3)cc(=O)n12. The number of fused-ring (bicyclic) bond motifs is 1. The van der Waals surface area contributed by atoms with Gasteiger partial charge in [0.05, 0.1) is 11.3 Å². The molecule has 7 nitrogen and oxygen atoms in total. The molecule has 0 aliphatic heterocycles. The summed E-state index contributed by atoms with van der Waals surface area (Å²) < 4.78 is 19.7. The Bertz CT molecular complexity index is 1330. The second-order valence-corrected chi connectivity index (χ2v) is 7.53. The molecule has 0 radical (unpaired) electrons. The first-order valence-corrected chi connectivity index (χ1v) is 10.1. The van der Waals surface area contributed by atoms with Gasteiger partial charge in [-0.1, -0.05) is 0 Å². The molecule has 31 heavy (non-hydrogen) atoms. The van der Waals surface area contributed by atoms with Crippen molar-refractivity contribution in [2.75, 3.05) is 5.32 Å². The van der Waals surface area contributed by atoms with Crippen molar-refractivity contribution < 1.29 is 18.7 Å². The summed E-state index contributed by atoms with van der Waals surface area (Å²) in [7, 11) is 0. The van der Waals surface area contributed by atoms with Crippen molar-refractivity contribution in [3.05, 3.63) is 98.7 Å². The number of aryl methyl sites for hydroxylation is 1. The topological polar surface area (TPSA) is 89.8 Å². The molecule has 4 aromatic rings. The van der Waals surface area contributed by atoms with Crippen LogP contribution in [0.4, 0.5) is 10.1 Å². The lowest BCUT2D eigenvalue weighted by Gasteiger charge is -2.07. The van der Waals surface area contributed by atoms with Crippen molar-refractivity contribution in [3.63, 3.8) is 0 Å². The zero-order valence-corrected chi connectivity index (χ0v) is 17.1. The number of ether oxygens (including phenoxy) is 1. The first-order valence-electron chi connectivity index (χ1n) is 9.21. The molecule has 156 valence electrons. The van der Waals surface area contributed by atoms with Crippen molar-refractivity contribution in [1.29, 1.82) is 0 Å². The van der Waals surface area contributed by atoms with Crippen LogP contribution in [0.5, 0.6) is 0 Å². The monoisotopic (exact) mass is 437 g/mol. The van der Waals surface area contributed by atoms with Crippen molar-refractivity contribution in [3.8, 4) is 0 Å². The van der Waals surface area contributed by atoms with Crippen LogP contribution in [0, 0.1) is 12.7 Å². The molecule has 0 spiro atoms. The average Bonchev–Trinajstić information content (AvgIpc) is 3.14. The Morgan fingerprint density at radius 2 is 1.77 bits per heavy atom. The lowest BCUT2D eigenvalue weighted by atomic mass is 10.2. The number of hydrogen-bond acceptors (Lipinski definition) is 6. The molecule has 0 fully saturated rings. The van der Waals surface area contributed by atoms with E-state index in [-0.39, 0.29) is 17.7 Å². The smallest absolute Gasteiger partial charge is 0.338 e. The number of halogens is 1. The summed E-state index contributed by atoms with van der Waals surface area (Å²) in [6, 6.07) is 12.6. The van der Waals surface area contributed by atoms with Gasteiger partial charge in [0.2, 0.25) is 0 Å². The summed E-state index contributed by atoms with van der Waals surface area (Å²) >= 11 is 1.34. The molecule has 0 aliphatic rings. The number of nitrogens with one attached hydrogen (secondary N) is 1. The number of carbonyl (C=O) groups excluding carboxylic acids is 2. The third kappa shape index (κ3) is 4.51. The van der Waals surface area contributed by atoms with Crippen LogP contribution in [-0.2, 0) is 11.3 Å².